The van der Waals surface area contributed by atoms with Gasteiger partial charge in [-0.25, -0.2) is 14.4 Å². The van der Waals surface area contributed by atoms with E-state index >= 15 is 0 Å². The number of alkyl carbamates (subject to hydrolysis) is 1. The molecule has 0 radical (unpaired) electrons. The molecular weight excluding hydrogens is 806 g/mol. The molecule has 0 aromatic heterocycles. The molecule has 2 aliphatic heterocycles. The number of nitrogens with one attached hydrogen (secondary N) is 1. The molecule has 6 rings (SSSR count). The van der Waals surface area contributed by atoms with Crippen molar-refractivity contribution in [2.24, 2.45) is 22.7 Å². The molecule has 4 fully saturated rings. The molecule has 62 heavy (non-hydrogen) atoms. The Balaban J connectivity index is 1.57. The summed E-state index contributed by atoms with van der Waals surface area (Å²) < 4.78 is 50.2. The molecule has 16 heteroatoms. The van der Waals surface area contributed by atoms with Crippen molar-refractivity contribution in [1.29, 1.82) is 0 Å². The van der Waals surface area contributed by atoms with Gasteiger partial charge >= 0.3 is 30.0 Å². The van der Waals surface area contributed by atoms with E-state index in [1.54, 1.807) is 71.9 Å². The zero-order valence-electron chi connectivity index (χ0n) is 37.6. The Hall–Kier alpha value is -4.35. The lowest BCUT2D eigenvalue weighted by Gasteiger charge is -2.71. The summed E-state index contributed by atoms with van der Waals surface area (Å²) in [6, 6.07) is 7.04. The molecule has 2 heterocycles. The van der Waals surface area contributed by atoms with Crippen LogP contribution in [0, 0.1) is 22.7 Å². The van der Waals surface area contributed by atoms with Crippen LogP contribution in [0.25, 0.3) is 0 Å². The quantitative estimate of drug-likeness (QED) is 0.154. The average Bonchev–Trinajstić information content (AvgIpc) is 3.15. The van der Waals surface area contributed by atoms with Crippen LogP contribution in [-0.4, -0.2) is 119 Å². The van der Waals surface area contributed by atoms with Crippen molar-refractivity contribution in [3.05, 3.63) is 59.7 Å². The van der Waals surface area contributed by atoms with Crippen LogP contribution in [0.4, 0.5) is 4.79 Å². The smallest absolute Gasteiger partial charge is 0.407 e. The fourth-order valence-electron chi connectivity index (χ4n) is 10.7. The number of hydrogen-bond donors (Lipinski definition) is 3. The molecule has 342 valence electrons. The molecular formula is C46H63NO15. The van der Waals surface area contributed by atoms with Crippen molar-refractivity contribution in [3.8, 4) is 0 Å². The summed E-state index contributed by atoms with van der Waals surface area (Å²) in [7, 11) is 0. The number of aliphatic hydroxyl groups excluding tert-OH is 1. The van der Waals surface area contributed by atoms with E-state index in [-0.39, 0.29) is 30.9 Å². The Morgan fingerprint density at radius 2 is 1.65 bits per heavy atom. The first-order valence-electron chi connectivity index (χ1n) is 21.3. The fourth-order valence-corrected chi connectivity index (χ4v) is 10.7. The zero-order valence-corrected chi connectivity index (χ0v) is 37.6. The van der Waals surface area contributed by atoms with E-state index in [1.165, 1.54) is 19.9 Å². The predicted octanol–water partition coefficient (Wildman–Crippen LogP) is 4.87. The zero-order chi connectivity index (χ0) is 45.9. The normalized spacial score (nSPS) is 35.5. The van der Waals surface area contributed by atoms with E-state index in [4.69, 9.17) is 37.9 Å². The van der Waals surface area contributed by atoms with Gasteiger partial charge in [0.15, 0.2) is 24.1 Å². The minimum Gasteiger partial charge on any atom is -0.456 e. The topological polar surface area (TPSA) is 212 Å². The number of rotatable bonds is 11. The third-order valence-corrected chi connectivity index (χ3v) is 13.4. The van der Waals surface area contributed by atoms with Crippen LogP contribution in [-0.2, 0) is 52.3 Å². The lowest BCUT2D eigenvalue weighted by atomic mass is 9.44. The molecule has 1 amide bonds. The second-order valence-corrected chi connectivity index (χ2v) is 19.5. The Labute approximate surface area is 362 Å². The molecule has 5 aliphatic rings. The molecule has 2 bridgehead atoms. The number of fused-ring (bicyclic) bond motifs is 4. The Morgan fingerprint density at radius 1 is 0.984 bits per heavy atom. The summed E-state index contributed by atoms with van der Waals surface area (Å²) in [6.45, 7) is 21.9. The maximum absolute atomic E-state index is 14.4. The maximum atomic E-state index is 14.4. The number of amides is 1. The molecule has 2 saturated heterocycles. The number of ether oxygens (including phenoxy) is 8. The molecule has 2 saturated carbocycles. The second kappa shape index (κ2) is 17.0. The lowest BCUT2D eigenvalue weighted by Crippen LogP contribution is -2.83. The van der Waals surface area contributed by atoms with E-state index in [0.717, 1.165) is 0 Å². The van der Waals surface area contributed by atoms with Gasteiger partial charge in [-0.05, 0) is 69.4 Å². The van der Waals surface area contributed by atoms with Crippen LogP contribution in [0.1, 0.15) is 106 Å². The van der Waals surface area contributed by atoms with Crippen LogP contribution in [0.2, 0.25) is 0 Å². The highest BCUT2D eigenvalue weighted by Crippen LogP contribution is 2.67. The van der Waals surface area contributed by atoms with Crippen molar-refractivity contribution in [1.82, 2.24) is 5.32 Å². The van der Waals surface area contributed by atoms with Crippen LogP contribution >= 0.6 is 0 Å². The molecule has 1 aromatic carbocycles. The first-order valence-corrected chi connectivity index (χ1v) is 21.3. The van der Waals surface area contributed by atoms with Crippen molar-refractivity contribution in [2.45, 2.75) is 167 Å². The number of benzene rings is 1. The molecule has 3 aliphatic carbocycles. The highest BCUT2D eigenvalue weighted by molar-refractivity contribution is 5.89. The van der Waals surface area contributed by atoms with E-state index in [2.05, 4.69) is 11.9 Å². The lowest BCUT2D eigenvalue weighted by molar-refractivity contribution is -0.405. The van der Waals surface area contributed by atoms with Crippen LogP contribution < -0.4 is 5.32 Å². The van der Waals surface area contributed by atoms with E-state index in [1.807, 2.05) is 20.8 Å². The van der Waals surface area contributed by atoms with Crippen LogP contribution in [0.5, 0.6) is 0 Å². The third-order valence-electron chi connectivity index (χ3n) is 13.4. The van der Waals surface area contributed by atoms with Gasteiger partial charge < -0.3 is 53.4 Å². The summed E-state index contributed by atoms with van der Waals surface area (Å²) in [4.78, 5) is 68.1. The van der Waals surface area contributed by atoms with Gasteiger partial charge in [0.25, 0.3) is 0 Å². The summed E-state index contributed by atoms with van der Waals surface area (Å²) in [5.41, 5.74) is -6.65. The second-order valence-electron chi connectivity index (χ2n) is 19.5. The van der Waals surface area contributed by atoms with Gasteiger partial charge in [-0.15, -0.1) is 0 Å². The van der Waals surface area contributed by atoms with Gasteiger partial charge in [0, 0.05) is 37.5 Å². The third kappa shape index (κ3) is 8.28. The first-order chi connectivity index (χ1) is 28.8. The summed E-state index contributed by atoms with van der Waals surface area (Å²) in [5, 5.41) is 28.1. The van der Waals surface area contributed by atoms with Crippen molar-refractivity contribution in [2.75, 3.05) is 6.61 Å². The van der Waals surface area contributed by atoms with Crippen molar-refractivity contribution in [3.63, 3.8) is 0 Å². The number of carbonyl (C=O) groups is 5. The van der Waals surface area contributed by atoms with Gasteiger partial charge in [-0.3, -0.25) is 9.59 Å². The molecule has 0 spiro atoms. The maximum Gasteiger partial charge on any atom is 0.407 e. The standard InChI is InChI=1S/C46H63NO15/c1-13-32-58-30-20-31-45(22-55-31,61-26(6)49)36-38(60-39(51)27-17-15-14-16-18-27)46(54)21-29(57-40(52)34(50)28(19-23(2)3)47-41(53)62-42(7,8)9)24(4)33(43(46,10)11)35(56-25(5)48)37(59-32)44(30,36)12/h13-18,23,28-32,34-38,50,54H,1,19-22H2,2-12H3,(H,47,53)/t28-,29-,30-,31+,32-,34+,35+,36-,37-,38-,44+,45-,46+/m0/s1. The minimum absolute atomic E-state index is 0.0926. The highest BCUT2D eigenvalue weighted by atomic mass is 16.7. The van der Waals surface area contributed by atoms with Crippen molar-refractivity contribution >= 4 is 30.0 Å². The fraction of sp³-hybridized carbons (Fsp3) is 0.674. The average molecular weight is 870 g/mol. The van der Waals surface area contributed by atoms with Gasteiger partial charge in [-0.1, -0.05) is 59.4 Å². The largest absolute Gasteiger partial charge is 0.456 e. The monoisotopic (exact) mass is 869 g/mol. The van der Waals surface area contributed by atoms with Crippen LogP contribution in [0.3, 0.4) is 0 Å². The Kier molecular flexibility index (Phi) is 12.9. The highest BCUT2D eigenvalue weighted by Gasteiger charge is 2.79. The first kappa shape index (κ1) is 47.1. The minimum atomic E-state index is -2.23. The van der Waals surface area contributed by atoms with Gasteiger partial charge in [0.2, 0.25) is 0 Å². The Morgan fingerprint density at radius 3 is 2.19 bits per heavy atom. The molecule has 1 aromatic rings. The van der Waals surface area contributed by atoms with E-state index < -0.39 is 125 Å². The molecule has 3 N–H and O–H groups in total. The Bertz CT molecular complexity index is 1960. The van der Waals surface area contributed by atoms with Gasteiger partial charge in [0.05, 0.1) is 30.2 Å². The summed E-state index contributed by atoms with van der Waals surface area (Å²) in [5.74, 6) is -4.57. The summed E-state index contributed by atoms with van der Waals surface area (Å²) in [6.07, 6.45) is -9.36. The molecule has 0 unspecified atom stereocenters. The van der Waals surface area contributed by atoms with Gasteiger partial charge in [-0.2, -0.15) is 0 Å². The molecule has 16 nitrogen and oxygen atoms in total. The SMILES string of the molecule is C=C[C@H]1O[C@H]2C[C@H]3OC[C@@]3(OC(C)=O)[C@H]3[C@H](OC(=O)c4ccccc4)[C@]4(O)C[C@H](OC(=O)[C@H](O)[C@H](CC(C)C)NC(=O)OC(C)(C)C)C(C)=C([C@@H](OC(C)=O)[C@H](O1)[C@]23C)C4(C)C. The number of carbonyl (C=O) groups excluding carboxylic acids is 5. The number of hydrogen-bond acceptors (Lipinski definition) is 15. The number of aliphatic hydroxyl groups is 2. The van der Waals surface area contributed by atoms with E-state index in [0.29, 0.717) is 11.1 Å². The molecule has 13 atom stereocenters. The predicted molar refractivity (Wildman–Crippen MR) is 220 cm³/mol. The van der Waals surface area contributed by atoms with Crippen LogP contribution in [0.15, 0.2) is 54.1 Å². The number of esters is 4. The summed E-state index contributed by atoms with van der Waals surface area (Å²) >= 11 is 0. The van der Waals surface area contributed by atoms with Crippen molar-refractivity contribution < 1.29 is 72.1 Å². The van der Waals surface area contributed by atoms with Gasteiger partial charge in [0.1, 0.15) is 35.6 Å². The van der Waals surface area contributed by atoms with E-state index in [9.17, 15) is 34.2 Å².